The number of nitrogens with one attached hydrogen (secondary N) is 3. The van der Waals surface area contributed by atoms with Gasteiger partial charge in [0, 0.05) is 37.6 Å². The number of hydrogen-bond donors (Lipinski definition) is 3. The summed E-state index contributed by atoms with van der Waals surface area (Å²) in [5.41, 5.74) is 0.863. The number of aromatic amines is 1. The van der Waals surface area contributed by atoms with Crippen LogP contribution in [0.1, 0.15) is 32.4 Å². The number of hydrogen-bond acceptors (Lipinski definition) is 4. The van der Waals surface area contributed by atoms with Crippen molar-refractivity contribution in [3.05, 3.63) is 18.0 Å². The lowest BCUT2D eigenvalue weighted by Crippen LogP contribution is -2.47. The standard InChI is InChI=1S/C13H23N3O3S/c1-9(2)14-7-11-6-13(8-15-11)20(17,18)16-10-4-12(5-10)19-3/h6,8-10,12,14-16H,4-5,7H2,1-3H3. The lowest BCUT2D eigenvalue weighted by Gasteiger charge is -2.34. The average molecular weight is 301 g/mol. The maximum Gasteiger partial charge on any atom is 0.242 e. The highest BCUT2D eigenvalue weighted by atomic mass is 32.2. The highest BCUT2D eigenvalue weighted by Crippen LogP contribution is 2.24. The lowest BCUT2D eigenvalue weighted by molar-refractivity contribution is 0.0236. The molecule has 0 unspecified atom stereocenters. The predicted molar refractivity (Wildman–Crippen MR) is 76.9 cm³/mol. The van der Waals surface area contributed by atoms with Gasteiger partial charge in [-0.1, -0.05) is 13.8 Å². The second kappa shape index (κ2) is 6.26. The molecule has 0 amide bonds. The van der Waals surface area contributed by atoms with Gasteiger partial charge in [0.15, 0.2) is 0 Å². The Labute approximate surface area is 120 Å². The van der Waals surface area contributed by atoms with Crippen LogP contribution in [0.5, 0.6) is 0 Å². The Morgan fingerprint density at radius 3 is 2.75 bits per heavy atom. The van der Waals surface area contributed by atoms with Crippen molar-refractivity contribution in [3.63, 3.8) is 0 Å². The Kier molecular flexibility index (Phi) is 4.85. The van der Waals surface area contributed by atoms with E-state index in [9.17, 15) is 8.42 Å². The summed E-state index contributed by atoms with van der Waals surface area (Å²) in [6, 6.07) is 2.01. The van der Waals surface area contributed by atoms with E-state index in [-0.39, 0.29) is 12.1 Å². The first-order valence-corrected chi connectivity index (χ1v) is 8.35. The molecular formula is C13H23N3O3S. The van der Waals surface area contributed by atoms with Crippen LogP contribution in [0, 0.1) is 0 Å². The maximum absolute atomic E-state index is 12.2. The molecule has 20 heavy (non-hydrogen) atoms. The van der Waals surface area contributed by atoms with E-state index in [2.05, 4.69) is 15.0 Å². The molecule has 0 radical (unpaired) electrons. The third-order valence-electron chi connectivity index (χ3n) is 3.48. The van der Waals surface area contributed by atoms with Crippen molar-refractivity contribution >= 4 is 10.0 Å². The summed E-state index contributed by atoms with van der Waals surface area (Å²) in [5, 5.41) is 3.24. The monoisotopic (exact) mass is 301 g/mol. The van der Waals surface area contributed by atoms with Crippen molar-refractivity contribution in [3.8, 4) is 0 Å². The van der Waals surface area contributed by atoms with Crippen LogP contribution in [-0.2, 0) is 21.3 Å². The molecule has 1 heterocycles. The van der Waals surface area contributed by atoms with Crippen LogP contribution in [0.2, 0.25) is 0 Å². The van der Waals surface area contributed by atoms with Gasteiger partial charge >= 0.3 is 0 Å². The molecule has 1 saturated carbocycles. The number of aromatic nitrogens is 1. The van der Waals surface area contributed by atoms with E-state index >= 15 is 0 Å². The van der Waals surface area contributed by atoms with E-state index in [0.717, 1.165) is 18.5 Å². The van der Waals surface area contributed by atoms with E-state index in [4.69, 9.17) is 4.74 Å². The topological polar surface area (TPSA) is 83.2 Å². The van der Waals surface area contributed by atoms with Gasteiger partial charge in [0.25, 0.3) is 0 Å². The Balaban J connectivity index is 1.92. The van der Waals surface area contributed by atoms with Gasteiger partial charge in [0.2, 0.25) is 10.0 Å². The van der Waals surface area contributed by atoms with Gasteiger partial charge in [0.1, 0.15) is 0 Å². The van der Waals surface area contributed by atoms with Gasteiger partial charge in [-0.05, 0) is 18.9 Å². The van der Waals surface area contributed by atoms with Crippen molar-refractivity contribution < 1.29 is 13.2 Å². The highest BCUT2D eigenvalue weighted by Gasteiger charge is 2.32. The average Bonchev–Trinajstić information content (AvgIpc) is 2.80. The van der Waals surface area contributed by atoms with Crippen LogP contribution in [0.3, 0.4) is 0 Å². The zero-order chi connectivity index (χ0) is 14.8. The van der Waals surface area contributed by atoms with Crippen LogP contribution < -0.4 is 10.0 Å². The first-order chi connectivity index (χ1) is 9.40. The number of rotatable bonds is 7. The largest absolute Gasteiger partial charge is 0.381 e. The van der Waals surface area contributed by atoms with Crippen LogP contribution >= 0.6 is 0 Å². The quantitative estimate of drug-likeness (QED) is 0.701. The van der Waals surface area contributed by atoms with Crippen LogP contribution in [0.25, 0.3) is 0 Å². The third kappa shape index (κ3) is 3.82. The molecule has 7 heteroatoms. The van der Waals surface area contributed by atoms with E-state index < -0.39 is 10.0 Å². The van der Waals surface area contributed by atoms with Crippen LogP contribution in [0.15, 0.2) is 17.2 Å². The summed E-state index contributed by atoms with van der Waals surface area (Å²) in [4.78, 5) is 3.28. The fourth-order valence-electron chi connectivity index (χ4n) is 2.13. The molecule has 0 atom stereocenters. The summed E-state index contributed by atoms with van der Waals surface area (Å²) >= 11 is 0. The summed E-state index contributed by atoms with van der Waals surface area (Å²) in [6.45, 7) is 4.72. The van der Waals surface area contributed by atoms with E-state index in [1.165, 1.54) is 6.20 Å². The van der Waals surface area contributed by atoms with E-state index in [0.29, 0.717) is 17.5 Å². The first kappa shape index (κ1) is 15.5. The molecule has 6 nitrogen and oxygen atoms in total. The summed E-state index contributed by atoms with van der Waals surface area (Å²) in [5.74, 6) is 0. The van der Waals surface area contributed by atoms with Gasteiger partial charge in [-0.3, -0.25) is 0 Å². The van der Waals surface area contributed by atoms with E-state index in [1.807, 2.05) is 13.8 Å². The number of H-pyrrole nitrogens is 1. The predicted octanol–water partition coefficient (Wildman–Crippen LogP) is 0.968. The smallest absolute Gasteiger partial charge is 0.242 e. The van der Waals surface area contributed by atoms with Gasteiger partial charge in [-0.15, -0.1) is 0 Å². The second-order valence-corrected chi connectivity index (χ2v) is 7.26. The Bertz CT molecular complexity index is 533. The first-order valence-electron chi connectivity index (χ1n) is 6.86. The van der Waals surface area contributed by atoms with Crippen LogP contribution in [-0.4, -0.2) is 38.7 Å². The van der Waals surface area contributed by atoms with Crippen molar-refractivity contribution in [2.75, 3.05) is 7.11 Å². The Morgan fingerprint density at radius 1 is 1.45 bits per heavy atom. The zero-order valence-electron chi connectivity index (χ0n) is 12.1. The molecule has 1 aliphatic carbocycles. The highest BCUT2D eigenvalue weighted by molar-refractivity contribution is 7.89. The summed E-state index contributed by atoms with van der Waals surface area (Å²) in [7, 11) is -1.79. The minimum absolute atomic E-state index is 0.0166. The van der Waals surface area contributed by atoms with Gasteiger partial charge < -0.3 is 15.0 Å². The molecule has 0 aromatic carbocycles. The Morgan fingerprint density at radius 2 is 2.15 bits per heavy atom. The fourth-order valence-corrected chi connectivity index (χ4v) is 3.41. The molecule has 114 valence electrons. The molecule has 0 saturated heterocycles. The summed E-state index contributed by atoms with van der Waals surface area (Å²) < 4.78 is 32.2. The molecular weight excluding hydrogens is 278 g/mol. The molecule has 0 bridgehead atoms. The zero-order valence-corrected chi connectivity index (χ0v) is 13.0. The molecule has 0 aliphatic heterocycles. The SMILES string of the molecule is COC1CC(NS(=O)(=O)c2c[nH]c(CNC(C)C)c2)C1. The fraction of sp³-hybridized carbons (Fsp3) is 0.692. The minimum atomic E-state index is -3.43. The Hall–Kier alpha value is -0.890. The third-order valence-corrected chi connectivity index (χ3v) is 4.98. The van der Waals surface area contributed by atoms with Gasteiger partial charge in [-0.2, -0.15) is 0 Å². The van der Waals surface area contributed by atoms with Crippen molar-refractivity contribution in [1.82, 2.24) is 15.0 Å². The van der Waals surface area contributed by atoms with Crippen molar-refractivity contribution in [2.45, 2.75) is 56.3 Å². The van der Waals surface area contributed by atoms with Crippen LogP contribution in [0.4, 0.5) is 0 Å². The number of methoxy groups -OCH3 is 1. The molecule has 1 fully saturated rings. The van der Waals surface area contributed by atoms with E-state index in [1.54, 1.807) is 13.2 Å². The molecule has 1 aromatic heterocycles. The normalized spacial score (nSPS) is 23.0. The minimum Gasteiger partial charge on any atom is -0.381 e. The summed E-state index contributed by atoms with van der Waals surface area (Å²) in [6.07, 6.45) is 3.19. The molecule has 2 rings (SSSR count). The van der Waals surface area contributed by atoms with Gasteiger partial charge in [-0.25, -0.2) is 13.1 Å². The molecule has 1 aromatic rings. The number of ether oxygens (including phenoxy) is 1. The van der Waals surface area contributed by atoms with Gasteiger partial charge in [0.05, 0.1) is 11.0 Å². The lowest BCUT2D eigenvalue weighted by atomic mass is 9.90. The maximum atomic E-state index is 12.2. The second-order valence-electron chi connectivity index (χ2n) is 5.54. The molecule has 1 aliphatic rings. The number of sulfonamides is 1. The van der Waals surface area contributed by atoms with Crippen molar-refractivity contribution in [1.29, 1.82) is 0 Å². The molecule has 3 N–H and O–H groups in total. The van der Waals surface area contributed by atoms with Crippen molar-refractivity contribution in [2.24, 2.45) is 0 Å². The molecule has 0 spiro atoms.